The number of aryl methyl sites for hydroxylation is 1. The van der Waals surface area contributed by atoms with Crippen LogP contribution in [0.2, 0.25) is 0 Å². The molecule has 1 aromatic rings. The van der Waals surface area contributed by atoms with Gasteiger partial charge in [-0.1, -0.05) is 0 Å². The maximum Gasteiger partial charge on any atom is 0.255 e. The third kappa shape index (κ3) is 2.68. The van der Waals surface area contributed by atoms with E-state index in [2.05, 4.69) is 15.9 Å². The van der Waals surface area contributed by atoms with E-state index in [0.29, 0.717) is 15.6 Å². The number of rotatable bonds is 1. The number of amides is 1. The zero-order chi connectivity index (χ0) is 12.4. The lowest BCUT2D eigenvalue weighted by Crippen LogP contribution is -2.35. The molecular formula is C13H15BrFNO. The van der Waals surface area contributed by atoms with Crippen molar-refractivity contribution in [1.29, 1.82) is 0 Å². The largest absolute Gasteiger partial charge is 0.339 e. The number of nitrogens with zero attached hydrogens (tertiary/aromatic N) is 1. The third-order valence-electron chi connectivity index (χ3n) is 3.12. The topological polar surface area (TPSA) is 20.3 Å². The average molecular weight is 300 g/mol. The van der Waals surface area contributed by atoms with Crippen LogP contribution in [0, 0.1) is 12.7 Å². The first-order chi connectivity index (χ1) is 8.09. The Labute approximate surface area is 109 Å². The lowest BCUT2D eigenvalue weighted by atomic mass is 10.1. The van der Waals surface area contributed by atoms with Crippen molar-refractivity contribution in [3.05, 3.63) is 33.5 Å². The molecule has 0 bridgehead atoms. The number of hydrogen-bond donors (Lipinski definition) is 0. The molecule has 1 aromatic carbocycles. The summed E-state index contributed by atoms with van der Waals surface area (Å²) in [5.74, 6) is -0.285. The highest BCUT2D eigenvalue weighted by molar-refractivity contribution is 9.10. The Kier molecular flexibility index (Phi) is 3.82. The van der Waals surface area contributed by atoms with Gasteiger partial charge in [0, 0.05) is 17.6 Å². The van der Waals surface area contributed by atoms with Crippen LogP contribution in [0.5, 0.6) is 0 Å². The van der Waals surface area contributed by atoms with Crippen molar-refractivity contribution in [2.75, 3.05) is 13.1 Å². The molecular weight excluding hydrogens is 285 g/mol. The molecule has 92 valence electrons. The molecule has 0 aromatic heterocycles. The first-order valence-electron chi connectivity index (χ1n) is 5.84. The summed E-state index contributed by atoms with van der Waals surface area (Å²) in [6, 6.07) is 2.99. The van der Waals surface area contributed by atoms with Gasteiger partial charge < -0.3 is 4.90 Å². The second-order valence-corrected chi connectivity index (χ2v) is 5.29. The molecule has 0 atom stereocenters. The van der Waals surface area contributed by atoms with E-state index >= 15 is 0 Å². The summed E-state index contributed by atoms with van der Waals surface area (Å²) in [5, 5.41) is 0. The Morgan fingerprint density at radius 1 is 1.29 bits per heavy atom. The summed E-state index contributed by atoms with van der Waals surface area (Å²) in [6.07, 6.45) is 3.31. The molecule has 1 aliphatic heterocycles. The van der Waals surface area contributed by atoms with Gasteiger partial charge in [-0.2, -0.15) is 0 Å². The van der Waals surface area contributed by atoms with Crippen LogP contribution < -0.4 is 0 Å². The Hall–Kier alpha value is -0.900. The maximum absolute atomic E-state index is 13.3. The number of carbonyl (C=O) groups excluding carboxylic acids is 1. The van der Waals surface area contributed by atoms with Crippen molar-refractivity contribution >= 4 is 21.8 Å². The van der Waals surface area contributed by atoms with Gasteiger partial charge in [0.1, 0.15) is 5.82 Å². The van der Waals surface area contributed by atoms with Crippen molar-refractivity contribution in [3.8, 4) is 0 Å². The zero-order valence-corrected chi connectivity index (χ0v) is 11.4. The predicted octanol–water partition coefficient (Wildman–Crippen LogP) is 3.52. The predicted molar refractivity (Wildman–Crippen MR) is 68.6 cm³/mol. The molecule has 0 aliphatic carbocycles. The fraction of sp³-hybridized carbons (Fsp3) is 0.462. The highest BCUT2D eigenvalue weighted by Gasteiger charge is 2.21. The van der Waals surface area contributed by atoms with E-state index in [9.17, 15) is 9.18 Å². The summed E-state index contributed by atoms with van der Waals surface area (Å²) >= 11 is 3.26. The van der Waals surface area contributed by atoms with Crippen molar-refractivity contribution in [1.82, 2.24) is 4.90 Å². The molecule has 0 saturated carbocycles. The van der Waals surface area contributed by atoms with Crippen LogP contribution in [0.15, 0.2) is 16.6 Å². The summed E-state index contributed by atoms with van der Waals surface area (Å²) in [6.45, 7) is 3.29. The van der Waals surface area contributed by atoms with E-state index in [4.69, 9.17) is 0 Å². The second-order valence-electron chi connectivity index (χ2n) is 4.43. The summed E-state index contributed by atoms with van der Waals surface area (Å²) in [7, 11) is 0. The molecule has 0 spiro atoms. The van der Waals surface area contributed by atoms with Crippen LogP contribution in [0.25, 0.3) is 0 Å². The molecule has 0 radical (unpaired) electrons. The van der Waals surface area contributed by atoms with Gasteiger partial charge in [0.2, 0.25) is 0 Å². The minimum absolute atomic E-state index is 0.000301. The lowest BCUT2D eigenvalue weighted by Gasteiger charge is -2.27. The van der Waals surface area contributed by atoms with Crippen LogP contribution in [0.1, 0.15) is 35.2 Å². The minimum atomic E-state index is -0.285. The second kappa shape index (κ2) is 5.17. The van der Waals surface area contributed by atoms with Gasteiger partial charge >= 0.3 is 0 Å². The Balaban J connectivity index is 2.26. The highest BCUT2D eigenvalue weighted by Crippen LogP contribution is 2.23. The lowest BCUT2D eigenvalue weighted by molar-refractivity contribution is 0.0723. The van der Waals surface area contributed by atoms with Gasteiger partial charge in [0.25, 0.3) is 5.91 Å². The minimum Gasteiger partial charge on any atom is -0.339 e. The number of likely N-dealkylation sites (tertiary alicyclic amines) is 1. The van der Waals surface area contributed by atoms with E-state index in [1.54, 1.807) is 13.0 Å². The summed E-state index contributed by atoms with van der Waals surface area (Å²) < 4.78 is 13.8. The van der Waals surface area contributed by atoms with E-state index in [-0.39, 0.29) is 11.7 Å². The number of hydrogen-bond acceptors (Lipinski definition) is 1. The average Bonchev–Trinajstić information content (AvgIpc) is 2.34. The highest BCUT2D eigenvalue weighted by atomic mass is 79.9. The van der Waals surface area contributed by atoms with Gasteiger partial charge in [0.15, 0.2) is 0 Å². The van der Waals surface area contributed by atoms with Gasteiger partial charge in [-0.3, -0.25) is 4.79 Å². The standard InChI is InChI=1S/C13H15BrFNO/c1-9-7-10(11(14)8-12(9)15)13(17)16-5-3-2-4-6-16/h7-8H,2-6H2,1H3. The van der Waals surface area contributed by atoms with Crippen LogP contribution in [-0.4, -0.2) is 23.9 Å². The summed E-state index contributed by atoms with van der Waals surface area (Å²) in [5.41, 5.74) is 1.07. The van der Waals surface area contributed by atoms with Crippen LogP contribution >= 0.6 is 15.9 Å². The molecule has 0 unspecified atom stereocenters. The van der Waals surface area contributed by atoms with Gasteiger partial charge in [-0.05, 0) is 59.8 Å². The SMILES string of the molecule is Cc1cc(C(=O)N2CCCCC2)c(Br)cc1F. The third-order valence-corrected chi connectivity index (χ3v) is 3.78. The Morgan fingerprint density at radius 2 is 1.94 bits per heavy atom. The maximum atomic E-state index is 13.3. The first-order valence-corrected chi connectivity index (χ1v) is 6.64. The number of carbonyl (C=O) groups is 1. The molecule has 2 nitrogen and oxygen atoms in total. The molecule has 0 N–H and O–H groups in total. The summed E-state index contributed by atoms with van der Waals surface area (Å²) in [4.78, 5) is 14.1. The fourth-order valence-electron chi connectivity index (χ4n) is 2.09. The van der Waals surface area contributed by atoms with Crippen molar-refractivity contribution in [3.63, 3.8) is 0 Å². The molecule has 1 saturated heterocycles. The Morgan fingerprint density at radius 3 is 2.59 bits per heavy atom. The first kappa shape index (κ1) is 12.6. The monoisotopic (exact) mass is 299 g/mol. The molecule has 1 aliphatic rings. The molecule has 2 rings (SSSR count). The smallest absolute Gasteiger partial charge is 0.255 e. The van der Waals surface area contributed by atoms with Crippen molar-refractivity contribution in [2.24, 2.45) is 0 Å². The normalized spacial score (nSPS) is 16.1. The zero-order valence-electron chi connectivity index (χ0n) is 9.80. The molecule has 1 heterocycles. The number of piperidine rings is 1. The van der Waals surface area contributed by atoms with Crippen molar-refractivity contribution < 1.29 is 9.18 Å². The Bertz CT molecular complexity index is 441. The number of halogens is 2. The number of benzene rings is 1. The van der Waals surface area contributed by atoms with Gasteiger partial charge in [-0.15, -0.1) is 0 Å². The van der Waals surface area contributed by atoms with Crippen LogP contribution in [-0.2, 0) is 0 Å². The molecule has 1 amide bonds. The van der Waals surface area contributed by atoms with Crippen LogP contribution in [0.4, 0.5) is 4.39 Å². The molecule has 4 heteroatoms. The van der Waals surface area contributed by atoms with E-state index < -0.39 is 0 Å². The molecule has 17 heavy (non-hydrogen) atoms. The quantitative estimate of drug-likeness (QED) is 0.777. The molecule has 1 fully saturated rings. The van der Waals surface area contributed by atoms with Gasteiger partial charge in [0.05, 0.1) is 5.56 Å². The van der Waals surface area contributed by atoms with Crippen molar-refractivity contribution in [2.45, 2.75) is 26.2 Å². The van der Waals surface area contributed by atoms with E-state index in [1.807, 2.05) is 4.90 Å². The van der Waals surface area contributed by atoms with E-state index in [1.165, 1.54) is 12.5 Å². The van der Waals surface area contributed by atoms with Crippen LogP contribution in [0.3, 0.4) is 0 Å². The van der Waals surface area contributed by atoms with Gasteiger partial charge in [-0.25, -0.2) is 4.39 Å². The fourth-order valence-corrected chi connectivity index (χ4v) is 2.57. The van der Waals surface area contributed by atoms with E-state index in [0.717, 1.165) is 25.9 Å².